The number of rotatable bonds is 9. The Morgan fingerprint density at radius 1 is 1.15 bits per heavy atom. The number of ether oxygens (including phenoxy) is 2. The molecule has 0 radical (unpaired) electrons. The third-order valence-corrected chi connectivity index (χ3v) is 4.50. The largest absolute Gasteiger partial charge is 0.389 e. The molecule has 112 valence electrons. The number of benzene rings is 1. The summed E-state index contributed by atoms with van der Waals surface area (Å²) in [5.74, 6) is -0.0639. The molecule has 20 heavy (non-hydrogen) atoms. The molecule has 2 N–H and O–H groups in total. The molecule has 7 heteroatoms. The zero-order valence-corrected chi connectivity index (χ0v) is 13.0. The van der Waals surface area contributed by atoms with Gasteiger partial charge >= 0.3 is 0 Å². The fourth-order valence-corrected chi connectivity index (χ4v) is 2.74. The first-order valence-corrected chi connectivity index (χ1v) is 8.31. The predicted octanol–water partition coefficient (Wildman–Crippen LogP) is 1.15. The van der Waals surface area contributed by atoms with Crippen LogP contribution in [0.25, 0.3) is 0 Å². The van der Waals surface area contributed by atoms with Crippen molar-refractivity contribution in [2.75, 3.05) is 32.2 Å². The van der Waals surface area contributed by atoms with Crippen LogP contribution in [0.2, 0.25) is 0 Å². The number of sulfone groups is 1. The van der Waals surface area contributed by atoms with Crippen LogP contribution in [0.15, 0.2) is 29.2 Å². The predicted molar refractivity (Wildman–Crippen MR) is 81.7 cm³/mol. The van der Waals surface area contributed by atoms with Gasteiger partial charge in [-0.15, -0.1) is 0 Å². The van der Waals surface area contributed by atoms with Gasteiger partial charge in [0.15, 0.2) is 9.84 Å². The maximum absolute atomic E-state index is 12.0. The molecule has 0 aliphatic carbocycles. The van der Waals surface area contributed by atoms with Gasteiger partial charge in [0, 0.05) is 12.2 Å². The second-order valence-electron chi connectivity index (χ2n) is 4.02. The van der Waals surface area contributed by atoms with Crippen LogP contribution in [0, 0.1) is 0 Å². The number of nitrogens with two attached hydrogens (primary N) is 1. The van der Waals surface area contributed by atoms with E-state index in [4.69, 9.17) is 27.4 Å². The fourth-order valence-electron chi connectivity index (χ4n) is 1.48. The van der Waals surface area contributed by atoms with Crippen molar-refractivity contribution in [3.63, 3.8) is 0 Å². The van der Waals surface area contributed by atoms with E-state index in [1.807, 2.05) is 6.92 Å². The molecule has 0 saturated carbocycles. The Morgan fingerprint density at radius 3 is 2.30 bits per heavy atom. The van der Waals surface area contributed by atoms with Crippen molar-refractivity contribution in [3.05, 3.63) is 29.8 Å². The lowest BCUT2D eigenvalue weighted by molar-refractivity contribution is 0.0590. The van der Waals surface area contributed by atoms with E-state index in [2.05, 4.69) is 0 Å². The molecule has 5 nitrogen and oxygen atoms in total. The molecule has 0 heterocycles. The molecule has 1 aromatic rings. The molecule has 0 amide bonds. The standard InChI is InChI=1S/C13H19NO4S2/c1-2-17-7-8-18-9-10-20(15,16)12-5-3-11(4-6-12)13(14)19/h3-6H,2,7-10H2,1H3,(H2,14,19). The van der Waals surface area contributed by atoms with Gasteiger partial charge in [0.2, 0.25) is 0 Å². The lowest BCUT2D eigenvalue weighted by Crippen LogP contribution is -2.15. The first kappa shape index (κ1) is 17.0. The van der Waals surface area contributed by atoms with Crippen LogP contribution in [0.4, 0.5) is 0 Å². The first-order chi connectivity index (χ1) is 9.47. The van der Waals surface area contributed by atoms with Gasteiger partial charge in [0.05, 0.1) is 30.5 Å². The average Bonchev–Trinajstić information content (AvgIpc) is 2.43. The zero-order chi connectivity index (χ0) is 15.0. The smallest absolute Gasteiger partial charge is 0.180 e. The average molecular weight is 317 g/mol. The van der Waals surface area contributed by atoms with Gasteiger partial charge in [-0.25, -0.2) is 8.42 Å². The van der Waals surface area contributed by atoms with E-state index >= 15 is 0 Å². The van der Waals surface area contributed by atoms with E-state index < -0.39 is 9.84 Å². The molecular formula is C13H19NO4S2. The van der Waals surface area contributed by atoms with Crippen molar-refractivity contribution >= 4 is 27.0 Å². The Labute approximate surface area is 125 Å². The molecule has 0 atom stereocenters. The number of thiocarbonyl (C=S) groups is 1. The van der Waals surface area contributed by atoms with Crippen molar-refractivity contribution in [3.8, 4) is 0 Å². The molecule has 1 rings (SSSR count). The first-order valence-electron chi connectivity index (χ1n) is 6.25. The van der Waals surface area contributed by atoms with Crippen molar-refractivity contribution in [2.45, 2.75) is 11.8 Å². The summed E-state index contributed by atoms with van der Waals surface area (Å²) >= 11 is 4.82. The highest BCUT2D eigenvalue weighted by atomic mass is 32.2. The van der Waals surface area contributed by atoms with Gasteiger partial charge in [-0.2, -0.15) is 0 Å². The van der Waals surface area contributed by atoms with Crippen molar-refractivity contribution in [2.24, 2.45) is 5.73 Å². The van der Waals surface area contributed by atoms with Gasteiger partial charge in [0.25, 0.3) is 0 Å². The van der Waals surface area contributed by atoms with Crippen LogP contribution in [-0.2, 0) is 19.3 Å². The normalized spacial score (nSPS) is 11.4. The highest BCUT2D eigenvalue weighted by Gasteiger charge is 2.14. The highest BCUT2D eigenvalue weighted by molar-refractivity contribution is 7.91. The van der Waals surface area contributed by atoms with Crippen LogP contribution in [0.3, 0.4) is 0 Å². The summed E-state index contributed by atoms with van der Waals surface area (Å²) in [6.07, 6.45) is 0. The van der Waals surface area contributed by atoms with E-state index in [1.54, 1.807) is 12.1 Å². The monoisotopic (exact) mass is 317 g/mol. The summed E-state index contributed by atoms with van der Waals surface area (Å²) in [6, 6.07) is 6.21. The van der Waals surface area contributed by atoms with Crippen molar-refractivity contribution < 1.29 is 17.9 Å². The van der Waals surface area contributed by atoms with Gasteiger partial charge in [-0.3, -0.25) is 0 Å². The second kappa shape index (κ2) is 8.31. The van der Waals surface area contributed by atoms with E-state index in [9.17, 15) is 8.42 Å². The van der Waals surface area contributed by atoms with E-state index in [0.29, 0.717) is 25.4 Å². The Morgan fingerprint density at radius 2 is 1.75 bits per heavy atom. The molecule has 1 aromatic carbocycles. The Bertz CT molecular complexity index is 526. The van der Waals surface area contributed by atoms with Crippen molar-refractivity contribution in [1.82, 2.24) is 0 Å². The third kappa shape index (κ3) is 5.54. The number of hydrogen-bond donors (Lipinski definition) is 1. The Balaban J connectivity index is 2.49. The summed E-state index contributed by atoms with van der Waals surface area (Å²) in [4.78, 5) is 0.485. The van der Waals surface area contributed by atoms with Crippen LogP contribution in [0.1, 0.15) is 12.5 Å². The summed E-state index contributed by atoms with van der Waals surface area (Å²) in [6.45, 7) is 3.52. The van der Waals surface area contributed by atoms with Crippen LogP contribution < -0.4 is 5.73 Å². The quantitative estimate of drug-likeness (QED) is 0.544. The molecule has 0 unspecified atom stereocenters. The molecule has 0 saturated heterocycles. The molecule has 0 aromatic heterocycles. The lowest BCUT2D eigenvalue weighted by atomic mass is 10.2. The van der Waals surface area contributed by atoms with Crippen molar-refractivity contribution in [1.29, 1.82) is 0 Å². The summed E-state index contributed by atoms with van der Waals surface area (Å²) in [5.41, 5.74) is 6.11. The van der Waals surface area contributed by atoms with Gasteiger partial charge in [-0.05, 0) is 19.1 Å². The maximum Gasteiger partial charge on any atom is 0.180 e. The molecular weight excluding hydrogens is 298 g/mol. The SMILES string of the molecule is CCOCCOCCS(=O)(=O)c1ccc(C(N)=S)cc1. The van der Waals surface area contributed by atoms with E-state index in [-0.39, 0.29) is 22.2 Å². The molecule has 0 fully saturated rings. The van der Waals surface area contributed by atoms with Crippen LogP contribution in [-0.4, -0.2) is 45.6 Å². The maximum atomic E-state index is 12.0. The van der Waals surface area contributed by atoms with E-state index in [0.717, 1.165) is 0 Å². The minimum atomic E-state index is -3.35. The fraction of sp³-hybridized carbons (Fsp3) is 0.462. The van der Waals surface area contributed by atoms with Crippen LogP contribution >= 0.6 is 12.2 Å². The Hall–Kier alpha value is -1.02. The minimum Gasteiger partial charge on any atom is -0.389 e. The van der Waals surface area contributed by atoms with Crippen LogP contribution in [0.5, 0.6) is 0 Å². The van der Waals surface area contributed by atoms with Gasteiger partial charge in [0.1, 0.15) is 4.99 Å². The lowest BCUT2D eigenvalue weighted by Gasteiger charge is -2.07. The molecule has 0 bridgehead atoms. The molecule has 0 spiro atoms. The summed E-state index contributed by atoms with van der Waals surface area (Å²) < 4.78 is 34.4. The topological polar surface area (TPSA) is 78.6 Å². The number of hydrogen-bond acceptors (Lipinski definition) is 5. The highest BCUT2D eigenvalue weighted by Crippen LogP contribution is 2.12. The minimum absolute atomic E-state index is 0.0639. The van der Waals surface area contributed by atoms with Gasteiger partial charge < -0.3 is 15.2 Å². The second-order valence-corrected chi connectivity index (χ2v) is 6.57. The third-order valence-electron chi connectivity index (χ3n) is 2.57. The summed E-state index contributed by atoms with van der Waals surface area (Å²) in [7, 11) is -3.35. The zero-order valence-electron chi connectivity index (χ0n) is 11.4. The molecule has 0 aliphatic rings. The van der Waals surface area contributed by atoms with Gasteiger partial charge in [-0.1, -0.05) is 24.4 Å². The summed E-state index contributed by atoms with van der Waals surface area (Å²) in [5, 5.41) is 0. The molecule has 0 aliphatic heterocycles. The van der Waals surface area contributed by atoms with E-state index in [1.165, 1.54) is 12.1 Å². The Kier molecular flexibility index (Phi) is 7.08.